The van der Waals surface area contributed by atoms with Gasteiger partial charge in [-0.1, -0.05) is 30.3 Å². The first-order chi connectivity index (χ1) is 9.81. The Bertz CT molecular complexity index is 755. The van der Waals surface area contributed by atoms with E-state index in [1.807, 2.05) is 19.1 Å². The Kier molecular flexibility index (Phi) is 2.59. The third-order valence-electron chi connectivity index (χ3n) is 3.90. The van der Waals surface area contributed by atoms with E-state index in [0.717, 1.165) is 35.1 Å². The first kappa shape index (κ1) is 11.6. The van der Waals surface area contributed by atoms with Crippen molar-refractivity contribution in [3.63, 3.8) is 0 Å². The molecule has 100 valence electrons. The van der Waals surface area contributed by atoms with Crippen molar-refractivity contribution in [2.24, 2.45) is 5.92 Å². The van der Waals surface area contributed by atoms with Crippen LogP contribution in [0.5, 0.6) is 0 Å². The molecule has 1 aliphatic rings. The van der Waals surface area contributed by atoms with E-state index in [2.05, 4.69) is 34.9 Å². The number of rotatable bonds is 3. The number of hydrogen-bond acceptors (Lipinski definition) is 2. The van der Waals surface area contributed by atoms with E-state index in [0.29, 0.717) is 0 Å². The molecule has 4 rings (SSSR count). The summed E-state index contributed by atoms with van der Waals surface area (Å²) >= 11 is 0. The summed E-state index contributed by atoms with van der Waals surface area (Å²) in [5.41, 5.74) is 4.24. The predicted octanol–water partition coefficient (Wildman–Crippen LogP) is 3.82. The third kappa shape index (κ3) is 1.99. The van der Waals surface area contributed by atoms with Crippen molar-refractivity contribution in [2.45, 2.75) is 26.3 Å². The molecule has 1 aromatic carbocycles. The number of nitrogens with zero attached hydrogens (tertiary/aromatic N) is 3. The number of fused-ring (bicyclic) bond motifs is 1. The van der Waals surface area contributed by atoms with Gasteiger partial charge in [0.1, 0.15) is 11.3 Å². The molecule has 0 unspecified atom stereocenters. The van der Waals surface area contributed by atoms with Gasteiger partial charge in [0.15, 0.2) is 5.65 Å². The van der Waals surface area contributed by atoms with E-state index in [1.165, 1.54) is 18.4 Å². The molecule has 0 N–H and O–H groups in total. The number of pyridine rings is 1. The number of benzene rings is 1. The lowest BCUT2D eigenvalue weighted by Crippen LogP contribution is -2.03. The quantitative estimate of drug-likeness (QED) is 0.719. The fourth-order valence-corrected chi connectivity index (χ4v) is 2.64. The second-order valence-corrected chi connectivity index (χ2v) is 5.65. The van der Waals surface area contributed by atoms with Crippen LogP contribution >= 0.6 is 0 Å². The van der Waals surface area contributed by atoms with Crippen molar-refractivity contribution in [1.82, 2.24) is 14.5 Å². The van der Waals surface area contributed by atoms with Crippen LogP contribution in [0.3, 0.4) is 0 Å². The van der Waals surface area contributed by atoms with E-state index in [1.54, 1.807) is 0 Å². The number of aryl methyl sites for hydroxylation is 1. The molecule has 3 heteroatoms. The highest BCUT2D eigenvalue weighted by molar-refractivity contribution is 5.77. The lowest BCUT2D eigenvalue weighted by molar-refractivity contribution is 0.643. The van der Waals surface area contributed by atoms with E-state index >= 15 is 0 Å². The summed E-state index contributed by atoms with van der Waals surface area (Å²) in [6.45, 7) is 3.08. The van der Waals surface area contributed by atoms with Crippen LogP contribution in [0.25, 0.3) is 22.6 Å². The Morgan fingerprint density at radius 1 is 1.05 bits per heavy atom. The minimum absolute atomic E-state index is 0.803. The van der Waals surface area contributed by atoms with Crippen LogP contribution in [0.1, 0.15) is 18.5 Å². The first-order valence-electron chi connectivity index (χ1n) is 7.20. The van der Waals surface area contributed by atoms with Crippen LogP contribution in [0.2, 0.25) is 0 Å². The van der Waals surface area contributed by atoms with Gasteiger partial charge >= 0.3 is 0 Å². The van der Waals surface area contributed by atoms with Crippen molar-refractivity contribution in [3.05, 3.63) is 48.2 Å². The maximum Gasteiger partial charge on any atom is 0.160 e. The van der Waals surface area contributed by atoms with Crippen LogP contribution in [0.15, 0.2) is 42.5 Å². The molecule has 0 amide bonds. The van der Waals surface area contributed by atoms with Gasteiger partial charge in [0, 0.05) is 17.8 Å². The highest BCUT2D eigenvalue weighted by atomic mass is 15.1. The van der Waals surface area contributed by atoms with Gasteiger partial charge in [-0.25, -0.2) is 9.97 Å². The van der Waals surface area contributed by atoms with Crippen LogP contribution in [-0.4, -0.2) is 14.5 Å². The smallest absolute Gasteiger partial charge is 0.160 e. The average Bonchev–Trinajstić information content (AvgIpc) is 3.22. The van der Waals surface area contributed by atoms with Crippen molar-refractivity contribution >= 4 is 11.2 Å². The fraction of sp³-hybridized carbons (Fsp3) is 0.294. The molecule has 0 saturated heterocycles. The van der Waals surface area contributed by atoms with Crippen LogP contribution in [-0.2, 0) is 6.54 Å². The summed E-state index contributed by atoms with van der Waals surface area (Å²) in [6.07, 6.45) is 2.67. The summed E-state index contributed by atoms with van der Waals surface area (Å²) in [4.78, 5) is 9.51. The molecular weight excluding hydrogens is 246 g/mol. The summed E-state index contributed by atoms with van der Waals surface area (Å²) in [7, 11) is 0. The Labute approximate surface area is 118 Å². The molecule has 1 fully saturated rings. The summed E-state index contributed by atoms with van der Waals surface area (Å²) in [6, 6.07) is 14.5. The van der Waals surface area contributed by atoms with Gasteiger partial charge in [0.05, 0.1) is 0 Å². The second kappa shape index (κ2) is 4.44. The van der Waals surface area contributed by atoms with Gasteiger partial charge < -0.3 is 4.57 Å². The monoisotopic (exact) mass is 263 g/mol. The average molecular weight is 263 g/mol. The first-order valence-corrected chi connectivity index (χ1v) is 7.20. The Morgan fingerprint density at radius 3 is 2.60 bits per heavy atom. The molecule has 2 aromatic heterocycles. The van der Waals surface area contributed by atoms with E-state index in [-0.39, 0.29) is 0 Å². The second-order valence-electron chi connectivity index (χ2n) is 5.65. The minimum atomic E-state index is 0.803. The highest BCUT2D eigenvalue weighted by Gasteiger charge is 2.25. The van der Waals surface area contributed by atoms with Crippen LogP contribution < -0.4 is 0 Å². The maximum absolute atomic E-state index is 4.81. The summed E-state index contributed by atoms with van der Waals surface area (Å²) in [5.74, 6) is 1.85. The van der Waals surface area contributed by atoms with Gasteiger partial charge in [-0.15, -0.1) is 0 Å². The fourth-order valence-electron chi connectivity index (χ4n) is 2.64. The molecule has 20 heavy (non-hydrogen) atoms. The molecular formula is C17H17N3. The van der Waals surface area contributed by atoms with Crippen molar-refractivity contribution in [1.29, 1.82) is 0 Å². The summed E-state index contributed by atoms with van der Waals surface area (Å²) < 4.78 is 2.30. The van der Waals surface area contributed by atoms with E-state index < -0.39 is 0 Å². The Morgan fingerprint density at radius 2 is 1.85 bits per heavy atom. The van der Waals surface area contributed by atoms with Gasteiger partial charge in [-0.05, 0) is 37.8 Å². The molecule has 2 heterocycles. The lowest BCUT2D eigenvalue weighted by atomic mass is 10.2. The van der Waals surface area contributed by atoms with Gasteiger partial charge in [-0.3, -0.25) is 0 Å². The van der Waals surface area contributed by atoms with E-state index in [9.17, 15) is 0 Å². The highest BCUT2D eigenvalue weighted by Crippen LogP contribution is 2.34. The molecule has 0 atom stereocenters. The molecule has 1 aliphatic carbocycles. The molecule has 1 saturated carbocycles. The normalized spacial score (nSPS) is 14.8. The van der Waals surface area contributed by atoms with Crippen LogP contribution in [0, 0.1) is 12.8 Å². The largest absolute Gasteiger partial charge is 0.308 e. The van der Waals surface area contributed by atoms with E-state index in [4.69, 9.17) is 9.97 Å². The van der Waals surface area contributed by atoms with Crippen molar-refractivity contribution < 1.29 is 0 Å². The Balaban J connectivity index is 1.94. The number of hydrogen-bond donors (Lipinski definition) is 0. The third-order valence-corrected chi connectivity index (χ3v) is 3.90. The molecule has 0 bridgehead atoms. The minimum Gasteiger partial charge on any atom is -0.308 e. The molecule has 0 spiro atoms. The lowest BCUT2D eigenvalue weighted by Gasteiger charge is -2.08. The topological polar surface area (TPSA) is 30.7 Å². The summed E-state index contributed by atoms with van der Waals surface area (Å²) in [5, 5.41) is 0. The maximum atomic E-state index is 4.81. The number of imidazole rings is 1. The molecule has 0 radical (unpaired) electrons. The van der Waals surface area contributed by atoms with Gasteiger partial charge in [0.25, 0.3) is 0 Å². The zero-order chi connectivity index (χ0) is 13.5. The number of aromatic nitrogens is 3. The molecule has 3 nitrogen and oxygen atoms in total. The Hall–Kier alpha value is -2.16. The van der Waals surface area contributed by atoms with Crippen molar-refractivity contribution in [3.8, 4) is 11.4 Å². The van der Waals surface area contributed by atoms with Crippen molar-refractivity contribution in [2.75, 3.05) is 0 Å². The van der Waals surface area contributed by atoms with Gasteiger partial charge in [0.2, 0.25) is 0 Å². The zero-order valence-electron chi connectivity index (χ0n) is 11.6. The zero-order valence-corrected chi connectivity index (χ0v) is 11.6. The van der Waals surface area contributed by atoms with Gasteiger partial charge in [-0.2, -0.15) is 0 Å². The SMILES string of the molecule is Cc1ccc2nc(-c3ccccc3)n(CC3CC3)c2n1. The molecule has 0 aliphatic heterocycles. The predicted molar refractivity (Wildman–Crippen MR) is 80.4 cm³/mol. The standard InChI is InChI=1S/C17H17N3/c1-12-7-10-15-17(18-12)20(11-13-8-9-13)16(19-15)14-5-3-2-4-6-14/h2-7,10,13H,8-9,11H2,1H3. The molecule has 3 aromatic rings. The van der Waals surface area contributed by atoms with Crippen LogP contribution in [0.4, 0.5) is 0 Å².